The summed E-state index contributed by atoms with van der Waals surface area (Å²) in [6.45, 7) is 0.504. The van der Waals surface area contributed by atoms with Crippen LogP contribution < -0.4 is 4.74 Å². The maximum absolute atomic E-state index is 12.6. The third-order valence-corrected chi connectivity index (χ3v) is 5.10. The number of alkyl halides is 2. The van der Waals surface area contributed by atoms with Crippen molar-refractivity contribution in [1.29, 1.82) is 0 Å². The molecule has 0 aliphatic rings. The number of benzene rings is 1. The highest BCUT2D eigenvalue weighted by molar-refractivity contribution is 7.98. The molecule has 152 valence electrons. The van der Waals surface area contributed by atoms with E-state index in [-0.39, 0.29) is 17.9 Å². The summed E-state index contributed by atoms with van der Waals surface area (Å²) < 4.78 is 40.0. The largest absolute Gasteiger partial charge is 0.457 e. The molecule has 9 heteroatoms. The van der Waals surface area contributed by atoms with E-state index in [4.69, 9.17) is 9.26 Å². The van der Waals surface area contributed by atoms with Crippen LogP contribution >= 0.6 is 11.8 Å². The SMILES string of the molecule is Cc1noc(C)c1CSc1ncccc1C(=O)OCc1ccccc1OC(F)F. The Balaban J connectivity index is 1.69. The molecule has 0 amide bonds. The van der Waals surface area contributed by atoms with Crippen LogP contribution in [0.25, 0.3) is 0 Å². The predicted molar refractivity (Wildman–Crippen MR) is 102 cm³/mol. The van der Waals surface area contributed by atoms with Crippen molar-refractivity contribution in [3.63, 3.8) is 0 Å². The van der Waals surface area contributed by atoms with Gasteiger partial charge < -0.3 is 14.0 Å². The first-order valence-corrected chi connectivity index (χ1v) is 9.63. The van der Waals surface area contributed by atoms with Crippen molar-refractivity contribution in [2.24, 2.45) is 0 Å². The molecule has 3 rings (SSSR count). The summed E-state index contributed by atoms with van der Waals surface area (Å²) in [6.07, 6.45) is 1.58. The molecule has 2 heterocycles. The van der Waals surface area contributed by atoms with Crippen molar-refractivity contribution in [2.75, 3.05) is 0 Å². The standard InChI is InChI=1S/C20H18F2N2O4S/c1-12-16(13(2)28-24-12)11-29-18-15(7-5-9-23-18)19(25)26-10-14-6-3-4-8-17(14)27-20(21)22/h3-9,20H,10-11H2,1-2H3. The molecular weight excluding hydrogens is 402 g/mol. The van der Waals surface area contributed by atoms with Gasteiger partial charge >= 0.3 is 12.6 Å². The molecule has 0 aliphatic heterocycles. The number of aromatic nitrogens is 2. The smallest absolute Gasteiger partial charge is 0.387 e. The van der Waals surface area contributed by atoms with Gasteiger partial charge in [-0.15, -0.1) is 11.8 Å². The molecule has 29 heavy (non-hydrogen) atoms. The normalized spacial score (nSPS) is 10.9. The Morgan fingerprint density at radius 2 is 2.00 bits per heavy atom. The Bertz CT molecular complexity index is 975. The fourth-order valence-corrected chi connectivity index (χ4v) is 3.70. The monoisotopic (exact) mass is 420 g/mol. The molecule has 0 saturated carbocycles. The number of aryl methyl sites for hydroxylation is 2. The second kappa shape index (κ2) is 9.51. The molecule has 0 unspecified atom stereocenters. The summed E-state index contributed by atoms with van der Waals surface area (Å²) in [7, 11) is 0. The fourth-order valence-electron chi connectivity index (χ4n) is 2.56. The molecule has 0 aliphatic carbocycles. The van der Waals surface area contributed by atoms with E-state index < -0.39 is 12.6 Å². The van der Waals surface area contributed by atoms with Crippen LogP contribution in [0, 0.1) is 13.8 Å². The molecule has 0 N–H and O–H groups in total. The molecule has 6 nitrogen and oxygen atoms in total. The Morgan fingerprint density at radius 3 is 2.72 bits per heavy atom. The quantitative estimate of drug-likeness (QED) is 0.378. The number of thioether (sulfide) groups is 1. The summed E-state index contributed by atoms with van der Waals surface area (Å²) in [5, 5.41) is 4.41. The van der Waals surface area contributed by atoms with Crippen LogP contribution in [0.3, 0.4) is 0 Å². The minimum absolute atomic E-state index is 0.0329. The zero-order valence-corrected chi connectivity index (χ0v) is 16.5. The van der Waals surface area contributed by atoms with Crippen molar-refractivity contribution < 1.29 is 27.6 Å². The number of esters is 1. The minimum Gasteiger partial charge on any atom is -0.457 e. The van der Waals surface area contributed by atoms with Crippen molar-refractivity contribution in [3.05, 3.63) is 70.7 Å². The van der Waals surface area contributed by atoms with Gasteiger partial charge in [0, 0.05) is 23.1 Å². The lowest BCUT2D eigenvalue weighted by molar-refractivity contribution is -0.0510. The lowest BCUT2D eigenvalue weighted by Gasteiger charge is -2.12. The first-order chi connectivity index (χ1) is 14.0. The van der Waals surface area contributed by atoms with Crippen molar-refractivity contribution >= 4 is 17.7 Å². The summed E-state index contributed by atoms with van der Waals surface area (Å²) in [4.78, 5) is 16.8. The molecule has 1 aromatic carbocycles. The first-order valence-electron chi connectivity index (χ1n) is 8.65. The number of para-hydroxylation sites is 1. The minimum atomic E-state index is -2.96. The predicted octanol–water partition coefficient (Wildman–Crippen LogP) is 4.94. The zero-order valence-electron chi connectivity index (χ0n) is 15.7. The van der Waals surface area contributed by atoms with Crippen LogP contribution in [-0.2, 0) is 17.1 Å². The molecule has 0 saturated heterocycles. The molecule has 2 aromatic heterocycles. The second-order valence-corrected chi connectivity index (χ2v) is 6.97. The number of hydrogen-bond acceptors (Lipinski definition) is 7. The number of nitrogens with zero attached hydrogens (tertiary/aromatic N) is 2. The molecule has 0 atom stereocenters. The zero-order chi connectivity index (χ0) is 20.8. The van der Waals surface area contributed by atoms with E-state index >= 15 is 0 Å². The Kier molecular flexibility index (Phi) is 6.82. The van der Waals surface area contributed by atoms with Gasteiger partial charge in [-0.25, -0.2) is 9.78 Å². The van der Waals surface area contributed by atoms with Gasteiger partial charge in [0.15, 0.2) is 0 Å². The molecular formula is C20H18F2N2O4S. The summed E-state index contributed by atoms with van der Waals surface area (Å²) in [6, 6.07) is 9.40. The Hall–Kier alpha value is -2.94. The third-order valence-electron chi connectivity index (χ3n) is 4.07. The van der Waals surface area contributed by atoms with Gasteiger partial charge in [-0.3, -0.25) is 0 Å². The van der Waals surface area contributed by atoms with E-state index in [1.807, 2.05) is 13.8 Å². The fraction of sp³-hybridized carbons (Fsp3) is 0.250. The van der Waals surface area contributed by atoms with Crippen molar-refractivity contribution in [2.45, 2.75) is 37.8 Å². The molecule has 0 bridgehead atoms. The number of pyridine rings is 1. The average molecular weight is 420 g/mol. The summed E-state index contributed by atoms with van der Waals surface area (Å²) >= 11 is 1.36. The second-order valence-electron chi connectivity index (χ2n) is 6.01. The lowest BCUT2D eigenvalue weighted by Crippen LogP contribution is -2.10. The Labute approximate surface area is 170 Å². The van der Waals surface area contributed by atoms with Crippen LogP contribution in [0.2, 0.25) is 0 Å². The third kappa shape index (κ3) is 5.32. The topological polar surface area (TPSA) is 74.5 Å². The number of ether oxygens (including phenoxy) is 2. The van der Waals surface area contributed by atoms with Crippen LogP contribution in [0.4, 0.5) is 8.78 Å². The van der Waals surface area contributed by atoms with Crippen LogP contribution in [0.5, 0.6) is 5.75 Å². The molecule has 0 fully saturated rings. The van der Waals surface area contributed by atoms with E-state index in [1.54, 1.807) is 36.5 Å². The highest BCUT2D eigenvalue weighted by Crippen LogP contribution is 2.28. The number of rotatable bonds is 8. The van der Waals surface area contributed by atoms with E-state index in [0.717, 1.165) is 11.3 Å². The van der Waals surface area contributed by atoms with Crippen molar-refractivity contribution in [1.82, 2.24) is 10.1 Å². The number of carbonyl (C=O) groups excluding carboxylic acids is 1. The van der Waals surface area contributed by atoms with Gasteiger partial charge in [0.05, 0.1) is 11.3 Å². The van der Waals surface area contributed by atoms with E-state index in [9.17, 15) is 13.6 Å². The molecule has 0 spiro atoms. The maximum atomic E-state index is 12.6. The van der Waals surface area contributed by atoms with Crippen molar-refractivity contribution in [3.8, 4) is 5.75 Å². The van der Waals surface area contributed by atoms with Gasteiger partial charge in [-0.05, 0) is 32.0 Å². The molecule has 3 aromatic rings. The number of halogens is 2. The van der Waals surface area contributed by atoms with Gasteiger partial charge in [0.1, 0.15) is 23.1 Å². The van der Waals surface area contributed by atoms with E-state index in [2.05, 4.69) is 14.9 Å². The maximum Gasteiger partial charge on any atom is 0.387 e. The van der Waals surface area contributed by atoms with Gasteiger partial charge in [0.2, 0.25) is 0 Å². The first kappa shape index (κ1) is 20.8. The van der Waals surface area contributed by atoms with E-state index in [1.165, 1.54) is 17.8 Å². The lowest BCUT2D eigenvalue weighted by atomic mass is 10.2. The average Bonchev–Trinajstić information content (AvgIpc) is 3.03. The van der Waals surface area contributed by atoms with Crippen LogP contribution in [0.1, 0.15) is 32.9 Å². The van der Waals surface area contributed by atoms with E-state index in [0.29, 0.717) is 22.1 Å². The van der Waals surface area contributed by atoms with Crippen LogP contribution in [-0.4, -0.2) is 22.7 Å². The summed E-state index contributed by atoms with van der Waals surface area (Å²) in [5.41, 5.74) is 2.36. The van der Waals surface area contributed by atoms with Gasteiger partial charge in [-0.2, -0.15) is 8.78 Å². The Morgan fingerprint density at radius 1 is 1.21 bits per heavy atom. The van der Waals surface area contributed by atoms with Gasteiger partial charge in [0.25, 0.3) is 0 Å². The number of carbonyl (C=O) groups is 1. The summed E-state index contributed by atoms with van der Waals surface area (Å²) in [5.74, 6) is 0.607. The highest BCUT2D eigenvalue weighted by Gasteiger charge is 2.18. The molecule has 0 radical (unpaired) electrons. The highest BCUT2D eigenvalue weighted by atomic mass is 32.2. The van der Waals surface area contributed by atoms with Gasteiger partial charge in [-0.1, -0.05) is 23.4 Å². The number of hydrogen-bond donors (Lipinski definition) is 0. The van der Waals surface area contributed by atoms with Crippen LogP contribution in [0.15, 0.2) is 52.1 Å².